The smallest absolute Gasteiger partial charge is 0.232 e. The molecule has 1 rings (SSSR count). The van der Waals surface area contributed by atoms with E-state index < -0.39 is 0 Å². The largest absolute Gasteiger partial charge is 0.449 e. The van der Waals surface area contributed by atoms with Crippen molar-refractivity contribution in [1.82, 2.24) is 5.43 Å². The van der Waals surface area contributed by atoms with Gasteiger partial charge in [0, 0.05) is 0 Å². The number of nitrogens with one attached hydrogen (secondary N) is 1. The monoisotopic (exact) mass is 336 g/mol. The molecule has 3 nitrogen and oxygen atoms in total. The molecular formula is C21H40N2O. The third-order valence-corrected chi connectivity index (χ3v) is 4.53. The summed E-state index contributed by atoms with van der Waals surface area (Å²) in [6, 6.07) is 0. The number of hydrazone groups is 1. The fraction of sp³-hybridized carbons (Fsp3) is 0.857. The minimum Gasteiger partial charge on any atom is -0.449 e. The first-order chi connectivity index (χ1) is 11.6. The lowest BCUT2D eigenvalue weighted by atomic mass is 10.0. The molecule has 0 aromatic carbocycles. The first kappa shape index (κ1) is 21.1. The highest BCUT2D eigenvalue weighted by Crippen LogP contribution is 2.14. The van der Waals surface area contributed by atoms with Crippen molar-refractivity contribution in [3.8, 4) is 0 Å². The van der Waals surface area contributed by atoms with Gasteiger partial charge in [-0.05, 0) is 32.8 Å². The third kappa shape index (κ3) is 11.5. The van der Waals surface area contributed by atoms with Gasteiger partial charge in [0.15, 0.2) is 5.72 Å². The van der Waals surface area contributed by atoms with Crippen LogP contribution in [0, 0.1) is 0 Å². The minimum atomic E-state index is -0.352. The molecule has 0 spiro atoms. The van der Waals surface area contributed by atoms with Crippen molar-refractivity contribution in [2.75, 3.05) is 0 Å². The quantitative estimate of drug-likeness (QED) is 0.338. The Labute approximate surface area is 150 Å². The molecule has 1 heterocycles. The molecule has 0 unspecified atom stereocenters. The summed E-state index contributed by atoms with van der Waals surface area (Å²) in [5.41, 5.74) is 2.61. The molecule has 0 aliphatic carbocycles. The van der Waals surface area contributed by atoms with Crippen LogP contribution in [0.25, 0.3) is 0 Å². The van der Waals surface area contributed by atoms with Gasteiger partial charge in [-0.25, -0.2) is 0 Å². The third-order valence-electron chi connectivity index (χ3n) is 4.53. The van der Waals surface area contributed by atoms with E-state index in [9.17, 15) is 0 Å². The summed E-state index contributed by atoms with van der Waals surface area (Å²) in [6.07, 6.45) is 23.6. The molecule has 0 saturated carbocycles. The second kappa shape index (κ2) is 13.3. The van der Waals surface area contributed by atoms with E-state index in [1.54, 1.807) is 0 Å². The van der Waals surface area contributed by atoms with Gasteiger partial charge in [0.2, 0.25) is 5.90 Å². The molecule has 3 heteroatoms. The molecule has 140 valence electrons. The zero-order valence-corrected chi connectivity index (χ0v) is 16.4. The summed E-state index contributed by atoms with van der Waals surface area (Å²) in [4.78, 5) is 0. The Morgan fingerprint density at radius 3 is 1.79 bits per heavy atom. The Bertz CT molecular complexity index is 361. The number of rotatable bonds is 15. The van der Waals surface area contributed by atoms with Gasteiger partial charge < -0.3 is 4.74 Å². The molecule has 0 saturated heterocycles. The number of hydrogen-bond acceptors (Lipinski definition) is 3. The van der Waals surface area contributed by atoms with Crippen LogP contribution in [-0.4, -0.2) is 11.6 Å². The summed E-state index contributed by atoms with van der Waals surface area (Å²) >= 11 is 0. The van der Waals surface area contributed by atoms with Gasteiger partial charge in [0.1, 0.15) is 0 Å². The van der Waals surface area contributed by atoms with Crippen LogP contribution in [0.5, 0.6) is 0 Å². The second-order valence-electron chi connectivity index (χ2n) is 7.61. The molecular weight excluding hydrogens is 296 g/mol. The molecule has 1 N–H and O–H groups in total. The van der Waals surface area contributed by atoms with Crippen LogP contribution in [0.2, 0.25) is 0 Å². The van der Waals surface area contributed by atoms with E-state index in [1.165, 1.54) is 83.5 Å². The normalized spacial score (nSPS) is 16.2. The Kier molecular flexibility index (Phi) is 11.7. The summed E-state index contributed by atoms with van der Waals surface area (Å²) in [5, 5.41) is 4.15. The van der Waals surface area contributed by atoms with E-state index in [1.807, 2.05) is 19.9 Å². The summed E-state index contributed by atoms with van der Waals surface area (Å²) < 4.78 is 5.62. The fourth-order valence-corrected chi connectivity index (χ4v) is 3.03. The molecule has 0 aromatic rings. The topological polar surface area (TPSA) is 33.6 Å². The molecule has 0 amide bonds. The standard InChI is InChI=1S/C21H40N2O/c1-4-5-6-7-8-9-10-11-12-13-14-15-16-17-18-19-20-22-23-21(2,3)24-20/h18-19,23H,4-17H2,1-3H3. The van der Waals surface area contributed by atoms with Crippen LogP contribution in [0.1, 0.15) is 111 Å². The zero-order valence-electron chi connectivity index (χ0n) is 16.4. The molecule has 0 fully saturated rings. The lowest BCUT2D eigenvalue weighted by molar-refractivity contribution is 0.0914. The Morgan fingerprint density at radius 2 is 1.33 bits per heavy atom. The number of unbranched alkanes of at least 4 members (excludes halogenated alkanes) is 13. The Hall–Kier alpha value is -0.990. The SMILES string of the molecule is CCCCCCCCCCCCCCCC=CC1=NNC(C)(C)O1. The van der Waals surface area contributed by atoms with Crippen molar-refractivity contribution in [1.29, 1.82) is 0 Å². The van der Waals surface area contributed by atoms with Crippen LogP contribution in [0.15, 0.2) is 17.3 Å². The van der Waals surface area contributed by atoms with Gasteiger partial charge in [-0.2, -0.15) is 0 Å². The first-order valence-electron chi connectivity index (χ1n) is 10.3. The van der Waals surface area contributed by atoms with Gasteiger partial charge in [0.25, 0.3) is 0 Å². The van der Waals surface area contributed by atoms with Crippen molar-refractivity contribution in [3.05, 3.63) is 12.2 Å². The predicted octanol–water partition coefficient (Wildman–Crippen LogP) is 6.69. The second-order valence-corrected chi connectivity index (χ2v) is 7.61. The van der Waals surface area contributed by atoms with Crippen molar-refractivity contribution >= 4 is 5.90 Å². The maximum atomic E-state index is 5.62. The average Bonchev–Trinajstić information content (AvgIpc) is 2.90. The average molecular weight is 337 g/mol. The van der Waals surface area contributed by atoms with Crippen molar-refractivity contribution in [2.24, 2.45) is 5.10 Å². The van der Waals surface area contributed by atoms with E-state index in [4.69, 9.17) is 4.74 Å². The Balaban J connectivity index is 1.78. The van der Waals surface area contributed by atoms with Gasteiger partial charge in [0.05, 0.1) is 0 Å². The van der Waals surface area contributed by atoms with Gasteiger partial charge in [-0.1, -0.05) is 90.0 Å². The molecule has 1 aliphatic heterocycles. The highest BCUT2D eigenvalue weighted by atomic mass is 16.5. The van der Waals surface area contributed by atoms with Gasteiger partial charge in [-0.15, -0.1) is 5.10 Å². The molecule has 0 atom stereocenters. The maximum Gasteiger partial charge on any atom is 0.232 e. The highest BCUT2D eigenvalue weighted by molar-refractivity contribution is 5.88. The number of allylic oxidation sites excluding steroid dienone is 1. The summed E-state index contributed by atoms with van der Waals surface area (Å²) in [7, 11) is 0. The first-order valence-corrected chi connectivity index (χ1v) is 10.3. The van der Waals surface area contributed by atoms with Crippen LogP contribution in [0.3, 0.4) is 0 Å². The van der Waals surface area contributed by atoms with Gasteiger partial charge >= 0.3 is 0 Å². The molecule has 0 bridgehead atoms. The van der Waals surface area contributed by atoms with Crippen LogP contribution < -0.4 is 5.43 Å². The van der Waals surface area contributed by atoms with E-state index >= 15 is 0 Å². The zero-order chi connectivity index (χ0) is 17.5. The predicted molar refractivity (Wildman–Crippen MR) is 105 cm³/mol. The minimum absolute atomic E-state index is 0.352. The van der Waals surface area contributed by atoms with Crippen LogP contribution in [0.4, 0.5) is 0 Å². The fourth-order valence-electron chi connectivity index (χ4n) is 3.03. The van der Waals surface area contributed by atoms with E-state index in [0.717, 1.165) is 6.42 Å². The molecule has 0 radical (unpaired) electrons. The summed E-state index contributed by atoms with van der Waals surface area (Å²) in [5.74, 6) is 0.703. The van der Waals surface area contributed by atoms with Crippen molar-refractivity contribution in [3.63, 3.8) is 0 Å². The lowest BCUT2D eigenvalue weighted by Crippen LogP contribution is -2.33. The molecule has 0 aromatic heterocycles. The Morgan fingerprint density at radius 1 is 0.833 bits per heavy atom. The summed E-state index contributed by atoms with van der Waals surface area (Å²) in [6.45, 7) is 6.24. The van der Waals surface area contributed by atoms with Crippen LogP contribution >= 0.6 is 0 Å². The van der Waals surface area contributed by atoms with Crippen LogP contribution in [-0.2, 0) is 4.74 Å². The molecule has 24 heavy (non-hydrogen) atoms. The van der Waals surface area contributed by atoms with E-state index in [2.05, 4.69) is 23.5 Å². The van der Waals surface area contributed by atoms with E-state index in [-0.39, 0.29) is 5.72 Å². The number of nitrogens with zero attached hydrogens (tertiary/aromatic N) is 1. The van der Waals surface area contributed by atoms with Gasteiger partial charge in [-0.3, -0.25) is 5.43 Å². The van der Waals surface area contributed by atoms with Crippen molar-refractivity contribution < 1.29 is 4.74 Å². The number of hydrogen-bond donors (Lipinski definition) is 1. The maximum absolute atomic E-state index is 5.62. The van der Waals surface area contributed by atoms with E-state index in [0.29, 0.717) is 5.90 Å². The van der Waals surface area contributed by atoms with Crippen molar-refractivity contribution in [2.45, 2.75) is 116 Å². The molecule has 1 aliphatic rings. The number of ether oxygens (including phenoxy) is 1. The lowest BCUT2D eigenvalue weighted by Gasteiger charge is -2.16. The highest BCUT2D eigenvalue weighted by Gasteiger charge is 2.24.